The molecule has 1 aromatic carbocycles. The van der Waals surface area contributed by atoms with Gasteiger partial charge in [0.1, 0.15) is 0 Å². The van der Waals surface area contributed by atoms with Gasteiger partial charge in [-0.25, -0.2) is 4.99 Å². The lowest BCUT2D eigenvalue weighted by atomic mass is 10.2. The molecule has 0 saturated carbocycles. The summed E-state index contributed by atoms with van der Waals surface area (Å²) in [5, 5.41) is 2.78. The first-order valence-electron chi connectivity index (χ1n) is 6.15. The molecule has 2 nitrogen and oxygen atoms in total. The van der Waals surface area contributed by atoms with Crippen LogP contribution in [-0.2, 0) is 6.54 Å². The normalized spacial score (nSPS) is 12.1. The monoisotopic (exact) mass is 280 g/mol. The molecule has 1 heterocycles. The molecule has 0 N–H and O–H groups in total. The lowest BCUT2D eigenvalue weighted by Gasteiger charge is -2.02. The molecule has 0 bridgehead atoms. The number of unbranched alkanes of at least 4 members (excludes halogenated alkanes) is 1. The summed E-state index contributed by atoms with van der Waals surface area (Å²) < 4.78 is 2.18. The number of hydrogen-bond donors (Lipinski definition) is 0. The smallest absolute Gasteiger partial charge is 0.189 e. The third-order valence-electron chi connectivity index (χ3n) is 2.73. The molecule has 0 fully saturated rings. The predicted molar refractivity (Wildman–Crippen MR) is 78.6 cm³/mol. The summed E-state index contributed by atoms with van der Waals surface area (Å²) in [5.41, 5.74) is 2.00. The summed E-state index contributed by atoms with van der Waals surface area (Å²) in [6.07, 6.45) is 4.44. The molecule has 0 saturated heterocycles. The van der Waals surface area contributed by atoms with E-state index in [-0.39, 0.29) is 0 Å². The number of thiazole rings is 1. The van der Waals surface area contributed by atoms with Crippen molar-refractivity contribution in [1.82, 2.24) is 4.57 Å². The number of nitrogens with zero attached hydrogens (tertiary/aromatic N) is 2. The highest BCUT2D eigenvalue weighted by Gasteiger charge is 2.00. The fourth-order valence-corrected chi connectivity index (χ4v) is 2.74. The molecule has 0 spiro atoms. The molecular formula is C14H17ClN2S. The molecule has 0 atom stereocenters. The molecule has 2 aromatic rings. The molecule has 0 aliphatic carbocycles. The average Bonchev–Trinajstić information content (AvgIpc) is 2.77. The van der Waals surface area contributed by atoms with Crippen LogP contribution in [0.3, 0.4) is 0 Å². The van der Waals surface area contributed by atoms with Crippen LogP contribution >= 0.6 is 22.9 Å². The molecule has 0 aliphatic rings. The minimum Gasteiger partial charge on any atom is -0.324 e. The van der Waals surface area contributed by atoms with Gasteiger partial charge in [-0.15, -0.1) is 11.3 Å². The Morgan fingerprint density at radius 1 is 1.39 bits per heavy atom. The number of halogens is 1. The summed E-state index contributed by atoms with van der Waals surface area (Å²) in [5.74, 6) is 0. The van der Waals surface area contributed by atoms with Crippen molar-refractivity contribution < 1.29 is 0 Å². The van der Waals surface area contributed by atoms with Crippen molar-refractivity contribution >= 4 is 28.6 Å². The van der Waals surface area contributed by atoms with Crippen LogP contribution in [0.2, 0.25) is 5.02 Å². The van der Waals surface area contributed by atoms with Gasteiger partial charge in [0.05, 0.1) is 10.7 Å². The molecular weight excluding hydrogens is 264 g/mol. The lowest BCUT2D eigenvalue weighted by molar-refractivity contribution is 0.618. The van der Waals surface area contributed by atoms with Crippen molar-refractivity contribution in [2.75, 3.05) is 0 Å². The van der Waals surface area contributed by atoms with E-state index in [0.717, 1.165) is 22.6 Å². The second-order valence-corrected chi connectivity index (χ2v) is 5.58. The molecule has 1 aromatic heterocycles. The first-order valence-corrected chi connectivity index (χ1v) is 7.41. The van der Waals surface area contributed by atoms with Gasteiger partial charge in [0, 0.05) is 18.1 Å². The second kappa shape index (κ2) is 6.21. The number of aromatic nitrogens is 1. The van der Waals surface area contributed by atoms with Gasteiger partial charge in [-0.1, -0.05) is 31.0 Å². The number of rotatable bonds is 4. The third-order valence-corrected chi connectivity index (χ3v) is 3.83. The van der Waals surface area contributed by atoms with E-state index in [1.54, 1.807) is 11.3 Å². The van der Waals surface area contributed by atoms with E-state index in [9.17, 15) is 0 Å². The molecule has 0 unspecified atom stereocenters. The average molecular weight is 281 g/mol. The van der Waals surface area contributed by atoms with E-state index >= 15 is 0 Å². The van der Waals surface area contributed by atoms with Crippen LogP contribution in [0.5, 0.6) is 0 Å². The van der Waals surface area contributed by atoms with Crippen LogP contribution in [-0.4, -0.2) is 4.57 Å². The Hall–Kier alpha value is -1.06. The summed E-state index contributed by atoms with van der Waals surface area (Å²) in [4.78, 5) is 5.65. The Kier molecular flexibility index (Phi) is 4.61. The molecule has 4 heteroatoms. The minimum absolute atomic E-state index is 0.713. The van der Waals surface area contributed by atoms with Gasteiger partial charge in [0.25, 0.3) is 0 Å². The van der Waals surface area contributed by atoms with Crippen LogP contribution in [0.1, 0.15) is 25.3 Å². The molecule has 0 radical (unpaired) electrons. The first-order chi connectivity index (χ1) is 8.70. The fraction of sp³-hybridized carbons (Fsp3) is 0.357. The quantitative estimate of drug-likeness (QED) is 0.782. The van der Waals surface area contributed by atoms with Crippen LogP contribution in [0.4, 0.5) is 5.69 Å². The SMILES string of the molecule is CCCCn1ccsc1=Nc1ccc(C)cc1Cl. The van der Waals surface area contributed by atoms with Gasteiger partial charge >= 0.3 is 0 Å². The molecule has 18 heavy (non-hydrogen) atoms. The third kappa shape index (κ3) is 3.24. The van der Waals surface area contributed by atoms with Gasteiger partial charge in [-0.2, -0.15) is 0 Å². The Morgan fingerprint density at radius 2 is 2.22 bits per heavy atom. The Bertz CT molecular complexity index is 583. The van der Waals surface area contributed by atoms with Gasteiger partial charge < -0.3 is 4.57 Å². The van der Waals surface area contributed by atoms with Crippen molar-refractivity contribution in [1.29, 1.82) is 0 Å². The summed E-state index contributed by atoms with van der Waals surface area (Å²) >= 11 is 7.85. The largest absolute Gasteiger partial charge is 0.324 e. The number of aryl methyl sites for hydroxylation is 2. The van der Waals surface area contributed by atoms with Crippen LogP contribution in [0.15, 0.2) is 34.8 Å². The number of benzene rings is 1. The number of hydrogen-bond acceptors (Lipinski definition) is 2. The molecule has 0 aliphatic heterocycles. The fourth-order valence-electron chi connectivity index (χ4n) is 1.69. The topological polar surface area (TPSA) is 17.3 Å². The molecule has 2 rings (SSSR count). The second-order valence-electron chi connectivity index (χ2n) is 4.30. The standard InChI is InChI=1S/C14H17ClN2S/c1-3-4-7-17-8-9-18-14(17)16-13-6-5-11(2)10-12(13)15/h5-6,8-10H,3-4,7H2,1-2H3. The van der Waals surface area contributed by atoms with E-state index in [1.807, 2.05) is 25.1 Å². The van der Waals surface area contributed by atoms with E-state index < -0.39 is 0 Å². The molecule has 0 amide bonds. The van der Waals surface area contributed by atoms with E-state index in [0.29, 0.717) is 5.02 Å². The van der Waals surface area contributed by atoms with E-state index in [1.165, 1.54) is 12.8 Å². The van der Waals surface area contributed by atoms with Crippen molar-refractivity contribution in [3.05, 3.63) is 45.2 Å². The maximum Gasteiger partial charge on any atom is 0.189 e. The van der Waals surface area contributed by atoms with Gasteiger partial charge in [-0.05, 0) is 31.0 Å². The summed E-state index contributed by atoms with van der Waals surface area (Å²) in [6, 6.07) is 5.96. The highest BCUT2D eigenvalue weighted by Crippen LogP contribution is 2.25. The van der Waals surface area contributed by atoms with Crippen molar-refractivity contribution in [3.8, 4) is 0 Å². The Labute approximate surface area is 117 Å². The Balaban J connectivity index is 2.35. The first kappa shape index (κ1) is 13.4. The maximum atomic E-state index is 6.20. The lowest BCUT2D eigenvalue weighted by Crippen LogP contribution is -2.13. The predicted octanol–water partition coefficient (Wildman–Crippen LogP) is 4.54. The van der Waals surface area contributed by atoms with E-state index in [4.69, 9.17) is 11.6 Å². The Morgan fingerprint density at radius 3 is 2.94 bits per heavy atom. The van der Waals surface area contributed by atoms with E-state index in [2.05, 4.69) is 28.1 Å². The zero-order chi connectivity index (χ0) is 13.0. The van der Waals surface area contributed by atoms with Gasteiger partial charge in [-0.3, -0.25) is 0 Å². The minimum atomic E-state index is 0.713. The van der Waals surface area contributed by atoms with Crippen LogP contribution < -0.4 is 4.80 Å². The van der Waals surface area contributed by atoms with Crippen molar-refractivity contribution in [2.45, 2.75) is 33.2 Å². The van der Waals surface area contributed by atoms with Crippen molar-refractivity contribution in [3.63, 3.8) is 0 Å². The van der Waals surface area contributed by atoms with Crippen molar-refractivity contribution in [2.24, 2.45) is 4.99 Å². The van der Waals surface area contributed by atoms with Crippen LogP contribution in [0, 0.1) is 6.92 Å². The van der Waals surface area contributed by atoms with Crippen LogP contribution in [0.25, 0.3) is 0 Å². The summed E-state index contributed by atoms with van der Waals surface area (Å²) in [7, 11) is 0. The highest BCUT2D eigenvalue weighted by atomic mass is 35.5. The zero-order valence-electron chi connectivity index (χ0n) is 10.7. The molecule has 96 valence electrons. The maximum absolute atomic E-state index is 6.20. The summed E-state index contributed by atoms with van der Waals surface area (Å²) in [6.45, 7) is 5.24. The van der Waals surface area contributed by atoms with Gasteiger partial charge in [0.2, 0.25) is 0 Å². The van der Waals surface area contributed by atoms with Gasteiger partial charge in [0.15, 0.2) is 4.80 Å². The zero-order valence-corrected chi connectivity index (χ0v) is 12.3. The highest BCUT2D eigenvalue weighted by molar-refractivity contribution is 7.07.